The first-order chi connectivity index (χ1) is 14.2. The molecule has 0 radical (unpaired) electrons. The molecule has 0 saturated carbocycles. The highest BCUT2D eigenvalue weighted by atomic mass is 16.5. The largest absolute Gasteiger partial charge is 0.476 e. The predicted octanol–water partition coefficient (Wildman–Crippen LogP) is 4.97. The van der Waals surface area contributed by atoms with E-state index in [0.717, 1.165) is 42.6 Å². The van der Waals surface area contributed by atoms with Crippen LogP contribution in [0.1, 0.15) is 30.1 Å². The number of benzene rings is 3. The Labute approximate surface area is 171 Å². The fourth-order valence-electron chi connectivity index (χ4n) is 3.59. The highest BCUT2D eigenvalue weighted by Gasteiger charge is 2.29. The van der Waals surface area contributed by atoms with Crippen molar-refractivity contribution in [1.82, 2.24) is 4.90 Å². The Bertz CT molecular complexity index is 999. The second-order valence-corrected chi connectivity index (χ2v) is 7.15. The van der Waals surface area contributed by atoms with Crippen molar-refractivity contribution in [3.63, 3.8) is 0 Å². The number of hydrogen-bond acceptors (Lipinski definition) is 3. The lowest BCUT2D eigenvalue weighted by atomic mass is 10.0. The van der Waals surface area contributed by atoms with Crippen molar-refractivity contribution >= 4 is 5.91 Å². The van der Waals surface area contributed by atoms with Crippen molar-refractivity contribution in [2.45, 2.75) is 18.9 Å². The summed E-state index contributed by atoms with van der Waals surface area (Å²) in [6.07, 6.45) is 1.45. The molecular weight excluding hydrogens is 360 g/mol. The summed E-state index contributed by atoms with van der Waals surface area (Å²) in [5.41, 5.74) is 3.56. The smallest absolute Gasteiger partial charge is 0.268 e. The van der Waals surface area contributed by atoms with Gasteiger partial charge in [0.15, 0.2) is 0 Å². The molecule has 0 N–H and O–H groups in total. The molecule has 0 unspecified atom stereocenters. The molecule has 0 aliphatic carbocycles. The van der Waals surface area contributed by atoms with Gasteiger partial charge in [0, 0.05) is 18.7 Å². The van der Waals surface area contributed by atoms with E-state index in [1.807, 2.05) is 71.6 Å². The summed E-state index contributed by atoms with van der Waals surface area (Å²) in [5, 5.41) is 8.94. The van der Waals surface area contributed by atoms with Gasteiger partial charge in [0.05, 0.1) is 11.6 Å². The van der Waals surface area contributed by atoms with Crippen molar-refractivity contribution in [3.8, 4) is 22.9 Å². The van der Waals surface area contributed by atoms with Crippen LogP contribution in [0.25, 0.3) is 11.1 Å². The zero-order chi connectivity index (χ0) is 20.1. The maximum Gasteiger partial charge on any atom is 0.268 e. The number of amides is 1. The van der Waals surface area contributed by atoms with E-state index >= 15 is 0 Å². The summed E-state index contributed by atoms with van der Waals surface area (Å²) in [4.78, 5) is 15.0. The number of hydrogen-bond donors (Lipinski definition) is 0. The summed E-state index contributed by atoms with van der Waals surface area (Å²) in [5.74, 6) is 0.675. The van der Waals surface area contributed by atoms with E-state index in [9.17, 15) is 4.79 Å². The Kier molecular flexibility index (Phi) is 5.58. The summed E-state index contributed by atoms with van der Waals surface area (Å²) < 4.78 is 6.17. The zero-order valence-electron chi connectivity index (χ0n) is 16.1. The number of ether oxygens (including phenoxy) is 1. The topological polar surface area (TPSA) is 53.3 Å². The van der Waals surface area contributed by atoms with Gasteiger partial charge >= 0.3 is 0 Å². The van der Waals surface area contributed by atoms with Crippen LogP contribution < -0.4 is 4.74 Å². The van der Waals surface area contributed by atoms with Gasteiger partial charge in [0.1, 0.15) is 5.75 Å². The van der Waals surface area contributed by atoms with E-state index < -0.39 is 6.10 Å². The van der Waals surface area contributed by atoms with Crippen LogP contribution in [-0.4, -0.2) is 23.9 Å². The van der Waals surface area contributed by atoms with Crippen LogP contribution in [0.5, 0.6) is 5.75 Å². The molecular formula is C25H22N2O2. The third-order valence-corrected chi connectivity index (χ3v) is 5.20. The number of rotatable bonds is 5. The molecule has 1 atom stereocenters. The lowest BCUT2D eigenvalue weighted by molar-refractivity contribution is -0.137. The molecule has 3 aromatic carbocycles. The minimum absolute atomic E-state index is 0.0184. The Hall–Kier alpha value is -3.58. The lowest BCUT2D eigenvalue weighted by Gasteiger charge is -2.24. The van der Waals surface area contributed by atoms with Crippen molar-refractivity contribution in [1.29, 1.82) is 5.26 Å². The van der Waals surface area contributed by atoms with Gasteiger partial charge in [-0.2, -0.15) is 5.26 Å². The first kappa shape index (κ1) is 18.8. The van der Waals surface area contributed by atoms with Gasteiger partial charge < -0.3 is 9.64 Å². The summed E-state index contributed by atoms with van der Waals surface area (Å²) in [6.45, 7) is 1.59. The fraction of sp³-hybridized carbons (Fsp3) is 0.200. The van der Waals surface area contributed by atoms with Crippen LogP contribution in [0.4, 0.5) is 0 Å². The van der Waals surface area contributed by atoms with Gasteiger partial charge in [-0.15, -0.1) is 0 Å². The van der Waals surface area contributed by atoms with Crippen LogP contribution in [0.2, 0.25) is 0 Å². The third kappa shape index (κ3) is 4.30. The first-order valence-corrected chi connectivity index (χ1v) is 9.85. The summed E-state index contributed by atoms with van der Waals surface area (Å²) in [6, 6.07) is 27.0. The monoisotopic (exact) mass is 382 g/mol. The Balaban J connectivity index is 1.55. The van der Waals surface area contributed by atoms with Crippen molar-refractivity contribution in [2.75, 3.05) is 13.1 Å². The maximum absolute atomic E-state index is 13.1. The van der Waals surface area contributed by atoms with E-state index in [1.165, 1.54) is 0 Å². The van der Waals surface area contributed by atoms with E-state index in [1.54, 1.807) is 12.1 Å². The normalized spacial score (nSPS) is 14.2. The number of nitriles is 1. The highest BCUT2D eigenvalue weighted by Crippen LogP contribution is 2.28. The molecule has 1 amide bonds. The standard InChI is InChI=1S/C25H22N2O2/c26-18-19-8-10-20(11-9-19)21-12-14-23(15-13-21)29-24(22-6-2-1-3-7-22)25(28)27-16-4-5-17-27/h1-3,6-15,24H,4-5,16-17H2/t24-/m0/s1. The highest BCUT2D eigenvalue weighted by molar-refractivity contribution is 5.83. The molecule has 1 aliphatic rings. The van der Waals surface area contributed by atoms with Crippen LogP contribution >= 0.6 is 0 Å². The average molecular weight is 382 g/mol. The minimum Gasteiger partial charge on any atom is -0.476 e. The number of nitrogens with zero attached hydrogens (tertiary/aromatic N) is 2. The van der Waals surface area contributed by atoms with Gasteiger partial charge in [-0.3, -0.25) is 4.79 Å². The molecule has 4 heteroatoms. The first-order valence-electron chi connectivity index (χ1n) is 9.85. The molecule has 1 heterocycles. The molecule has 1 fully saturated rings. The van der Waals surface area contributed by atoms with Crippen LogP contribution in [0.3, 0.4) is 0 Å². The molecule has 144 valence electrons. The van der Waals surface area contributed by atoms with Gasteiger partial charge in [-0.25, -0.2) is 0 Å². The van der Waals surface area contributed by atoms with E-state index in [0.29, 0.717) is 11.3 Å². The molecule has 3 aromatic rings. The Morgan fingerprint density at radius 1 is 0.862 bits per heavy atom. The van der Waals surface area contributed by atoms with Gasteiger partial charge in [-0.1, -0.05) is 54.6 Å². The molecule has 29 heavy (non-hydrogen) atoms. The molecule has 4 nitrogen and oxygen atoms in total. The average Bonchev–Trinajstić information content (AvgIpc) is 3.33. The SMILES string of the molecule is N#Cc1ccc(-c2ccc(O[C@H](C(=O)N3CCCC3)c3ccccc3)cc2)cc1. The van der Waals surface area contributed by atoms with Gasteiger partial charge in [-0.05, 0) is 48.2 Å². The molecule has 0 spiro atoms. The molecule has 1 saturated heterocycles. The molecule has 0 aromatic heterocycles. The maximum atomic E-state index is 13.1. The second-order valence-electron chi connectivity index (χ2n) is 7.15. The third-order valence-electron chi connectivity index (χ3n) is 5.20. The Morgan fingerprint density at radius 2 is 1.45 bits per heavy atom. The number of carbonyl (C=O) groups excluding carboxylic acids is 1. The molecule has 1 aliphatic heterocycles. The van der Waals surface area contributed by atoms with Crippen LogP contribution in [0, 0.1) is 11.3 Å². The number of likely N-dealkylation sites (tertiary alicyclic amines) is 1. The number of carbonyl (C=O) groups is 1. The van der Waals surface area contributed by atoms with E-state index in [4.69, 9.17) is 10.00 Å². The minimum atomic E-state index is -0.643. The van der Waals surface area contributed by atoms with Crippen molar-refractivity contribution < 1.29 is 9.53 Å². The molecule has 4 rings (SSSR count). The van der Waals surface area contributed by atoms with Crippen LogP contribution in [-0.2, 0) is 4.79 Å². The fourth-order valence-corrected chi connectivity index (χ4v) is 3.59. The summed E-state index contributed by atoms with van der Waals surface area (Å²) >= 11 is 0. The Morgan fingerprint density at radius 3 is 2.03 bits per heavy atom. The van der Waals surface area contributed by atoms with Gasteiger partial charge in [0.2, 0.25) is 6.10 Å². The quantitative estimate of drug-likeness (QED) is 0.626. The van der Waals surface area contributed by atoms with Crippen molar-refractivity contribution in [3.05, 3.63) is 90.0 Å². The molecule has 0 bridgehead atoms. The van der Waals surface area contributed by atoms with Crippen LogP contribution in [0.15, 0.2) is 78.9 Å². The van der Waals surface area contributed by atoms with Crippen molar-refractivity contribution in [2.24, 2.45) is 0 Å². The summed E-state index contributed by atoms with van der Waals surface area (Å²) in [7, 11) is 0. The lowest BCUT2D eigenvalue weighted by Crippen LogP contribution is -2.35. The van der Waals surface area contributed by atoms with E-state index in [-0.39, 0.29) is 5.91 Å². The van der Waals surface area contributed by atoms with Gasteiger partial charge in [0.25, 0.3) is 5.91 Å². The van der Waals surface area contributed by atoms with E-state index in [2.05, 4.69) is 6.07 Å². The second kappa shape index (κ2) is 8.62. The predicted molar refractivity (Wildman–Crippen MR) is 112 cm³/mol. The zero-order valence-corrected chi connectivity index (χ0v) is 16.1.